The summed E-state index contributed by atoms with van der Waals surface area (Å²) in [6.45, 7) is 18.4. The van der Waals surface area contributed by atoms with Gasteiger partial charge in [-0.2, -0.15) is 0 Å². The van der Waals surface area contributed by atoms with Crippen LogP contribution in [0, 0.1) is 5.92 Å². The van der Waals surface area contributed by atoms with Gasteiger partial charge >= 0.3 is 0 Å². The van der Waals surface area contributed by atoms with Crippen molar-refractivity contribution >= 4 is 33.1 Å². The van der Waals surface area contributed by atoms with E-state index in [-0.39, 0.29) is 29.5 Å². The van der Waals surface area contributed by atoms with E-state index in [1.807, 2.05) is 7.11 Å². The molecule has 1 aliphatic carbocycles. The third-order valence-electron chi connectivity index (χ3n) is 11.3. The number of ether oxygens (including phenoxy) is 2. The van der Waals surface area contributed by atoms with Crippen molar-refractivity contribution in [1.82, 2.24) is 5.32 Å². The number of rotatable bonds is 5. The van der Waals surface area contributed by atoms with E-state index in [4.69, 9.17) is 14.5 Å². The fraction of sp³-hybridized carbons (Fsp3) is 0.436. The molecule has 5 heteroatoms. The van der Waals surface area contributed by atoms with Gasteiger partial charge in [0.25, 0.3) is 5.84 Å². The van der Waals surface area contributed by atoms with E-state index < -0.39 is 11.3 Å². The molecule has 3 heterocycles. The molecule has 4 aliphatic rings. The van der Waals surface area contributed by atoms with Gasteiger partial charge in [-0.25, -0.2) is 4.58 Å². The fourth-order valence-corrected chi connectivity index (χ4v) is 9.29. The lowest BCUT2D eigenvalue weighted by atomic mass is 9.76. The van der Waals surface area contributed by atoms with Gasteiger partial charge in [0.15, 0.2) is 17.0 Å². The van der Waals surface area contributed by atoms with Crippen LogP contribution in [0.2, 0.25) is 0 Å². The maximum absolute atomic E-state index is 7.19. The molecule has 3 aliphatic heterocycles. The Morgan fingerprint density at radius 3 is 2.20 bits per heavy atom. The Hall–Kier alpha value is -3.54. The van der Waals surface area contributed by atoms with Crippen LogP contribution in [0.3, 0.4) is 0 Å². The Labute approximate surface area is 261 Å². The third kappa shape index (κ3) is 3.08. The van der Waals surface area contributed by atoms with E-state index in [1.165, 1.54) is 44.1 Å². The SMILES string of the molecule is COC1(NC(C)C)C2(C)c3cc(C(C)C)c4ccccc4c3C3=[N+](C(C(C)C)=NC4c5ccc6ccccc6c5OC34)C12C. The minimum atomic E-state index is -0.637. The Balaban J connectivity index is 1.52. The molecule has 8 rings (SSSR count). The predicted molar refractivity (Wildman–Crippen MR) is 180 cm³/mol. The predicted octanol–water partition coefficient (Wildman–Crippen LogP) is 7.87. The van der Waals surface area contributed by atoms with Gasteiger partial charge in [-0.3, -0.25) is 5.32 Å². The van der Waals surface area contributed by atoms with Gasteiger partial charge in [-0.15, -0.1) is 0 Å². The van der Waals surface area contributed by atoms with Crippen LogP contribution in [-0.4, -0.2) is 46.6 Å². The molecule has 1 N–H and O–H groups in total. The Bertz CT molecular complexity index is 1950. The molecular weight excluding hydrogens is 542 g/mol. The molecular formula is C39H44N3O2+. The zero-order valence-electron chi connectivity index (χ0n) is 27.4. The molecule has 5 unspecified atom stereocenters. The van der Waals surface area contributed by atoms with Crippen LogP contribution in [0.5, 0.6) is 5.75 Å². The highest BCUT2D eigenvalue weighted by atomic mass is 16.5. The van der Waals surface area contributed by atoms with Crippen LogP contribution in [0.15, 0.2) is 71.7 Å². The summed E-state index contributed by atoms with van der Waals surface area (Å²) >= 11 is 0. The van der Waals surface area contributed by atoms with Crippen molar-refractivity contribution in [3.05, 3.63) is 89.0 Å². The van der Waals surface area contributed by atoms with E-state index in [9.17, 15) is 0 Å². The largest absolute Gasteiger partial charge is 0.476 e. The Morgan fingerprint density at radius 1 is 0.864 bits per heavy atom. The summed E-state index contributed by atoms with van der Waals surface area (Å²) in [6, 6.07) is 24.6. The molecule has 1 fully saturated rings. The van der Waals surface area contributed by atoms with Gasteiger partial charge in [-0.1, -0.05) is 99.4 Å². The van der Waals surface area contributed by atoms with Gasteiger partial charge < -0.3 is 9.47 Å². The number of nitrogens with zero attached hydrogens (tertiary/aromatic N) is 2. The van der Waals surface area contributed by atoms with E-state index in [0.717, 1.165) is 17.0 Å². The molecule has 44 heavy (non-hydrogen) atoms. The van der Waals surface area contributed by atoms with Gasteiger partial charge in [-0.05, 0) is 60.9 Å². The van der Waals surface area contributed by atoms with Crippen molar-refractivity contribution < 1.29 is 14.0 Å². The summed E-state index contributed by atoms with van der Waals surface area (Å²) in [5, 5.41) is 8.90. The van der Waals surface area contributed by atoms with E-state index >= 15 is 0 Å². The van der Waals surface area contributed by atoms with Crippen molar-refractivity contribution in [2.24, 2.45) is 10.9 Å². The summed E-state index contributed by atoms with van der Waals surface area (Å²) in [5.41, 5.74) is 4.98. The molecule has 0 amide bonds. The first-order chi connectivity index (χ1) is 21.0. The quantitative estimate of drug-likeness (QED) is 0.191. The first-order valence-electron chi connectivity index (χ1n) is 16.3. The van der Waals surface area contributed by atoms with Crippen molar-refractivity contribution in [1.29, 1.82) is 0 Å². The molecule has 5 nitrogen and oxygen atoms in total. The van der Waals surface area contributed by atoms with Crippen LogP contribution in [-0.2, 0) is 10.2 Å². The normalized spacial score (nSPS) is 29.9. The Kier molecular flexibility index (Phi) is 5.73. The highest BCUT2D eigenvalue weighted by molar-refractivity contribution is 6.17. The Morgan fingerprint density at radius 2 is 1.55 bits per heavy atom. The van der Waals surface area contributed by atoms with Crippen LogP contribution < -0.4 is 10.1 Å². The van der Waals surface area contributed by atoms with E-state index in [1.54, 1.807) is 0 Å². The lowest BCUT2D eigenvalue weighted by Gasteiger charge is -2.36. The van der Waals surface area contributed by atoms with E-state index in [0.29, 0.717) is 5.92 Å². The highest BCUT2D eigenvalue weighted by Gasteiger charge is 2.92. The van der Waals surface area contributed by atoms with Crippen LogP contribution in [0.1, 0.15) is 89.6 Å². The van der Waals surface area contributed by atoms with Crippen molar-refractivity contribution in [3.8, 4) is 5.75 Å². The third-order valence-corrected chi connectivity index (χ3v) is 11.3. The summed E-state index contributed by atoms with van der Waals surface area (Å²) in [4.78, 5) is 5.62. The number of methoxy groups -OCH3 is 1. The molecule has 0 bridgehead atoms. The molecule has 0 saturated heterocycles. The molecule has 4 aromatic carbocycles. The van der Waals surface area contributed by atoms with Crippen molar-refractivity contribution in [2.75, 3.05) is 7.11 Å². The second kappa shape index (κ2) is 9.02. The molecule has 226 valence electrons. The molecule has 1 saturated carbocycles. The topological polar surface area (TPSA) is 45.9 Å². The summed E-state index contributed by atoms with van der Waals surface area (Å²) in [7, 11) is 1.88. The number of fused-ring (bicyclic) bond motifs is 13. The first-order valence-corrected chi connectivity index (χ1v) is 16.3. The fourth-order valence-electron chi connectivity index (χ4n) is 9.29. The van der Waals surface area contributed by atoms with Gasteiger partial charge in [0.1, 0.15) is 5.75 Å². The van der Waals surface area contributed by atoms with Gasteiger partial charge in [0.05, 0.1) is 11.3 Å². The number of nitrogens with one attached hydrogen (secondary N) is 1. The van der Waals surface area contributed by atoms with Gasteiger partial charge in [0, 0.05) is 29.7 Å². The number of hydrogen-bond acceptors (Lipinski definition) is 4. The average molecular weight is 587 g/mol. The highest BCUT2D eigenvalue weighted by Crippen LogP contribution is 2.72. The average Bonchev–Trinajstić information content (AvgIpc) is 3.23. The van der Waals surface area contributed by atoms with Crippen molar-refractivity contribution in [3.63, 3.8) is 0 Å². The lowest BCUT2D eigenvalue weighted by Crippen LogP contribution is -2.56. The minimum absolute atomic E-state index is 0.114. The number of amidine groups is 1. The number of aliphatic imine (C=N–C) groups is 1. The standard InChI is InChI=1S/C39H44N3O2/c1-21(2)29-20-30-31(27-17-13-12-16-26(27)29)33-35-32(28-19-18-24-14-10-11-15-25(24)34(28)44-35)40-36(22(3)4)42(33)38(8)37(30,7)39(38,43-9)41-23(5)6/h10-23,32,35,41H,1-9H3/q+1. The summed E-state index contributed by atoms with van der Waals surface area (Å²) in [5.74, 6) is 2.65. The number of hydrogen-bond donors (Lipinski definition) is 1. The molecule has 0 aromatic heterocycles. The summed E-state index contributed by atoms with van der Waals surface area (Å²) < 4.78 is 16.5. The first kappa shape index (κ1) is 28.0. The van der Waals surface area contributed by atoms with Crippen molar-refractivity contribution in [2.45, 2.75) is 96.2 Å². The second-order valence-electron chi connectivity index (χ2n) is 14.5. The maximum Gasteiger partial charge on any atom is 0.296 e. The van der Waals surface area contributed by atoms with Crippen LogP contribution >= 0.6 is 0 Å². The molecule has 0 radical (unpaired) electrons. The minimum Gasteiger partial charge on any atom is -0.476 e. The lowest BCUT2D eigenvalue weighted by molar-refractivity contribution is -0.495. The molecule has 4 aromatic rings. The molecule has 0 spiro atoms. The monoisotopic (exact) mass is 586 g/mol. The zero-order valence-corrected chi connectivity index (χ0v) is 27.4. The van der Waals surface area contributed by atoms with E-state index in [2.05, 4.69) is 132 Å². The van der Waals surface area contributed by atoms with Crippen LogP contribution in [0.25, 0.3) is 21.5 Å². The van der Waals surface area contributed by atoms with Gasteiger partial charge in [0.2, 0.25) is 12.1 Å². The molecule has 5 atom stereocenters. The van der Waals surface area contributed by atoms with Crippen LogP contribution in [0.4, 0.5) is 0 Å². The second-order valence-corrected chi connectivity index (χ2v) is 14.5. The maximum atomic E-state index is 7.19. The number of benzene rings is 4. The summed E-state index contributed by atoms with van der Waals surface area (Å²) in [6.07, 6.45) is -0.249. The zero-order chi connectivity index (χ0) is 30.9. The smallest absolute Gasteiger partial charge is 0.296 e.